The maximum Gasteiger partial charge on any atom is 0.270 e. The van der Waals surface area contributed by atoms with Crippen LogP contribution in [0.25, 0.3) is 0 Å². The van der Waals surface area contributed by atoms with Crippen LogP contribution >= 0.6 is 11.5 Å². The van der Waals surface area contributed by atoms with Crippen LogP contribution in [-0.2, 0) is 11.3 Å². The van der Waals surface area contributed by atoms with Gasteiger partial charge in [0, 0.05) is 13.1 Å². The molecule has 3 rings (SSSR count). The molecule has 0 fully saturated rings. The molecule has 0 bridgehead atoms. The van der Waals surface area contributed by atoms with Gasteiger partial charge in [-0.15, -0.1) is 0 Å². The fraction of sp³-hybridized carbons (Fsp3) is 0.304. The summed E-state index contributed by atoms with van der Waals surface area (Å²) in [6.45, 7) is 4.68. The summed E-state index contributed by atoms with van der Waals surface area (Å²) in [6.07, 6.45) is 2.23. The highest BCUT2D eigenvalue weighted by Crippen LogP contribution is 2.30. The average molecular weight is 470 g/mol. The Hall–Kier alpha value is -3.66. The van der Waals surface area contributed by atoms with E-state index in [9.17, 15) is 14.4 Å². The highest BCUT2D eigenvalue weighted by molar-refractivity contribution is 7.09. The number of primary amides is 1. The summed E-state index contributed by atoms with van der Waals surface area (Å²) >= 11 is 0.770. The summed E-state index contributed by atoms with van der Waals surface area (Å²) in [7, 11) is 0. The number of nitrogens with two attached hydrogens (primary N) is 2. The number of nitrogens with one attached hydrogen (secondary N) is 1. The molecule has 9 nitrogen and oxygen atoms in total. The first-order chi connectivity index (χ1) is 15.8. The third-order valence-corrected chi connectivity index (χ3v) is 5.86. The molecule has 1 aromatic carbocycles. The molecule has 2 heterocycles. The maximum atomic E-state index is 13.7. The normalized spacial score (nSPS) is 11.8. The van der Waals surface area contributed by atoms with Crippen LogP contribution in [0.2, 0.25) is 0 Å². The van der Waals surface area contributed by atoms with Gasteiger partial charge in [-0.1, -0.05) is 44.2 Å². The van der Waals surface area contributed by atoms with Gasteiger partial charge in [0.25, 0.3) is 17.7 Å². The number of aromatic nitrogens is 1. The zero-order valence-corrected chi connectivity index (χ0v) is 19.3. The number of nitrogens with zero attached hydrogens (tertiary/aromatic N) is 2. The minimum absolute atomic E-state index is 0.0336. The summed E-state index contributed by atoms with van der Waals surface area (Å²) in [6, 6.07) is 11.5. The van der Waals surface area contributed by atoms with E-state index in [0.29, 0.717) is 18.2 Å². The molecule has 0 unspecified atom stereocenters. The number of hydrogen-bond acceptors (Lipinski definition) is 7. The molecule has 2 aromatic heterocycles. The van der Waals surface area contributed by atoms with Crippen molar-refractivity contribution in [3.05, 3.63) is 70.6 Å². The van der Waals surface area contributed by atoms with Crippen molar-refractivity contribution in [2.45, 2.75) is 32.9 Å². The zero-order valence-electron chi connectivity index (χ0n) is 18.5. The third-order valence-electron chi connectivity index (χ3n) is 5.01. The van der Waals surface area contributed by atoms with Crippen LogP contribution in [0.4, 0.5) is 5.69 Å². The first-order valence-electron chi connectivity index (χ1n) is 10.5. The zero-order chi connectivity index (χ0) is 24.0. The van der Waals surface area contributed by atoms with Crippen LogP contribution < -0.4 is 16.8 Å². The number of rotatable bonds is 10. The Balaban J connectivity index is 2.02. The van der Waals surface area contributed by atoms with Crippen molar-refractivity contribution in [3.8, 4) is 0 Å². The summed E-state index contributed by atoms with van der Waals surface area (Å²) < 4.78 is 9.48. The summed E-state index contributed by atoms with van der Waals surface area (Å²) in [5.41, 5.74) is 11.9. The Morgan fingerprint density at radius 1 is 1.15 bits per heavy atom. The number of benzene rings is 1. The second-order valence-electron chi connectivity index (χ2n) is 7.95. The van der Waals surface area contributed by atoms with Crippen LogP contribution in [0.3, 0.4) is 0 Å². The average Bonchev–Trinajstić information content (AvgIpc) is 3.43. The van der Waals surface area contributed by atoms with Gasteiger partial charge in [0.05, 0.1) is 12.0 Å². The lowest BCUT2D eigenvalue weighted by Crippen LogP contribution is -2.43. The standard InChI is InChI=1S/C23H27N5O4S/c1-14(2)10-11-26-22(30)19(16-9-6-12-32-16)28(13-15-7-4-3-5-8-15)23(31)20-17(24)18(21(25)29)27-33-20/h3-9,12,14,19H,10-11,13,24H2,1-2H3,(H2,25,29)(H,26,30)/t19-/m1/s1. The van der Waals surface area contributed by atoms with E-state index in [-0.39, 0.29) is 28.7 Å². The molecule has 33 heavy (non-hydrogen) atoms. The molecule has 0 aliphatic rings. The summed E-state index contributed by atoms with van der Waals surface area (Å²) in [5, 5.41) is 2.90. The van der Waals surface area contributed by atoms with E-state index in [2.05, 4.69) is 23.5 Å². The molecule has 0 saturated heterocycles. The minimum Gasteiger partial charge on any atom is -0.467 e. The van der Waals surface area contributed by atoms with Crippen LogP contribution in [0, 0.1) is 5.92 Å². The SMILES string of the molecule is CC(C)CCNC(=O)[C@@H](c1ccco1)N(Cc1ccccc1)C(=O)c1snc(C(N)=O)c1N. The van der Waals surface area contributed by atoms with Gasteiger partial charge in [-0.2, -0.15) is 4.37 Å². The van der Waals surface area contributed by atoms with Crippen molar-refractivity contribution < 1.29 is 18.8 Å². The number of hydrogen-bond donors (Lipinski definition) is 3. The van der Waals surface area contributed by atoms with Gasteiger partial charge >= 0.3 is 0 Å². The van der Waals surface area contributed by atoms with Crippen molar-refractivity contribution in [1.82, 2.24) is 14.6 Å². The summed E-state index contributed by atoms with van der Waals surface area (Å²) in [5.74, 6) is -1.06. The molecule has 0 aliphatic carbocycles. The molecule has 174 valence electrons. The molecule has 10 heteroatoms. The van der Waals surface area contributed by atoms with Gasteiger partial charge < -0.3 is 26.1 Å². The molecule has 0 spiro atoms. The Kier molecular flexibility index (Phi) is 7.83. The van der Waals surface area contributed by atoms with E-state index in [1.807, 2.05) is 30.3 Å². The predicted molar refractivity (Wildman–Crippen MR) is 125 cm³/mol. The molecule has 1 atom stereocenters. The van der Waals surface area contributed by atoms with Crippen LogP contribution in [0.5, 0.6) is 0 Å². The van der Waals surface area contributed by atoms with Gasteiger partial charge in [0.2, 0.25) is 0 Å². The Labute approximate surface area is 195 Å². The Bertz CT molecular complexity index is 1100. The third kappa shape index (κ3) is 5.78. The smallest absolute Gasteiger partial charge is 0.270 e. The maximum absolute atomic E-state index is 13.7. The number of nitrogen functional groups attached to an aromatic ring is 1. The molecule has 0 radical (unpaired) electrons. The Morgan fingerprint density at radius 3 is 2.45 bits per heavy atom. The van der Waals surface area contributed by atoms with E-state index in [0.717, 1.165) is 23.5 Å². The van der Waals surface area contributed by atoms with E-state index < -0.39 is 17.9 Å². The van der Waals surface area contributed by atoms with E-state index in [4.69, 9.17) is 15.9 Å². The van der Waals surface area contributed by atoms with Crippen molar-refractivity contribution in [2.24, 2.45) is 11.7 Å². The molecular weight excluding hydrogens is 442 g/mol. The first-order valence-corrected chi connectivity index (χ1v) is 11.3. The molecule has 3 aromatic rings. The van der Waals surface area contributed by atoms with Gasteiger partial charge in [-0.05, 0) is 41.6 Å². The first kappa shape index (κ1) is 24.0. The van der Waals surface area contributed by atoms with Gasteiger partial charge in [0.1, 0.15) is 10.6 Å². The van der Waals surface area contributed by atoms with Gasteiger partial charge in [-0.3, -0.25) is 14.4 Å². The number of carbonyl (C=O) groups excluding carboxylic acids is 3. The van der Waals surface area contributed by atoms with Gasteiger partial charge in [-0.25, -0.2) is 0 Å². The minimum atomic E-state index is -1.06. The quantitative estimate of drug-likeness (QED) is 0.416. The molecule has 0 aliphatic heterocycles. The van der Waals surface area contributed by atoms with Crippen LogP contribution in [-0.4, -0.2) is 33.5 Å². The van der Waals surface area contributed by atoms with Crippen molar-refractivity contribution in [1.29, 1.82) is 0 Å². The number of carbonyl (C=O) groups is 3. The fourth-order valence-corrected chi connectivity index (χ4v) is 4.03. The number of anilines is 1. The second kappa shape index (κ2) is 10.8. The molecular formula is C23H27N5O4S. The fourth-order valence-electron chi connectivity index (χ4n) is 3.27. The monoisotopic (exact) mass is 469 g/mol. The van der Waals surface area contributed by atoms with Crippen molar-refractivity contribution in [2.75, 3.05) is 12.3 Å². The van der Waals surface area contributed by atoms with Gasteiger partial charge in [0.15, 0.2) is 11.7 Å². The molecule has 3 amide bonds. The number of amides is 3. The highest BCUT2D eigenvalue weighted by Gasteiger charge is 2.36. The largest absolute Gasteiger partial charge is 0.467 e. The Morgan fingerprint density at radius 2 is 1.88 bits per heavy atom. The lowest BCUT2D eigenvalue weighted by Gasteiger charge is -2.29. The summed E-state index contributed by atoms with van der Waals surface area (Å²) in [4.78, 5) is 40.0. The molecule has 0 saturated carbocycles. The predicted octanol–water partition coefficient (Wildman–Crippen LogP) is 2.96. The highest BCUT2D eigenvalue weighted by atomic mass is 32.1. The van der Waals surface area contributed by atoms with Crippen LogP contribution in [0.1, 0.15) is 57.8 Å². The number of furan rings is 1. The lowest BCUT2D eigenvalue weighted by molar-refractivity contribution is -0.126. The van der Waals surface area contributed by atoms with Crippen LogP contribution in [0.15, 0.2) is 53.1 Å². The van der Waals surface area contributed by atoms with Crippen molar-refractivity contribution in [3.63, 3.8) is 0 Å². The van der Waals surface area contributed by atoms with E-state index in [1.165, 1.54) is 11.2 Å². The lowest BCUT2D eigenvalue weighted by atomic mass is 10.1. The van der Waals surface area contributed by atoms with Crippen molar-refractivity contribution >= 4 is 34.9 Å². The molecule has 5 N–H and O–H groups in total. The topological polar surface area (TPSA) is 145 Å². The second-order valence-corrected chi connectivity index (χ2v) is 8.72. The van der Waals surface area contributed by atoms with E-state index in [1.54, 1.807) is 12.1 Å². The van der Waals surface area contributed by atoms with E-state index >= 15 is 0 Å².